The van der Waals surface area contributed by atoms with Crippen LogP contribution in [0, 0.1) is 5.92 Å². The summed E-state index contributed by atoms with van der Waals surface area (Å²) in [6.45, 7) is 0. The second kappa shape index (κ2) is 7.58. The van der Waals surface area contributed by atoms with Crippen LogP contribution in [0.15, 0.2) is 30.3 Å². The van der Waals surface area contributed by atoms with Gasteiger partial charge in [0.1, 0.15) is 0 Å². The molecule has 1 aliphatic carbocycles. The largest absolute Gasteiger partial charge is 0.393 e. The maximum Gasteiger partial charge on any atom is 0.0546 e. The van der Waals surface area contributed by atoms with Crippen LogP contribution in [0.4, 0.5) is 0 Å². The quantitative estimate of drug-likeness (QED) is 0.766. The van der Waals surface area contributed by atoms with Gasteiger partial charge in [0.15, 0.2) is 0 Å². The molecule has 0 spiro atoms. The van der Waals surface area contributed by atoms with Crippen LogP contribution in [0.2, 0.25) is 0 Å². The molecule has 0 heterocycles. The maximum atomic E-state index is 10.2. The standard InChI is InChI=1S/C17H26O/c18-17(13-12-15-8-6-3-7-9-15)14-16-10-4-1-2-5-11-16/h3,6-9,16-18H,1-2,4-5,10-14H2. The van der Waals surface area contributed by atoms with Crippen molar-refractivity contribution in [1.82, 2.24) is 0 Å². The molecule has 0 aromatic heterocycles. The minimum absolute atomic E-state index is 0.103. The molecule has 1 atom stereocenters. The lowest BCUT2D eigenvalue weighted by molar-refractivity contribution is 0.129. The first-order valence-corrected chi connectivity index (χ1v) is 7.56. The molecule has 1 aliphatic rings. The van der Waals surface area contributed by atoms with Crippen LogP contribution >= 0.6 is 0 Å². The molecule has 1 unspecified atom stereocenters. The molecule has 0 radical (unpaired) electrons. The number of benzene rings is 1. The van der Waals surface area contributed by atoms with Gasteiger partial charge in [0, 0.05) is 0 Å². The molecular weight excluding hydrogens is 220 g/mol. The topological polar surface area (TPSA) is 20.2 Å². The minimum atomic E-state index is -0.103. The molecule has 0 bridgehead atoms. The Bertz CT molecular complexity index is 312. The van der Waals surface area contributed by atoms with E-state index in [1.54, 1.807) is 0 Å². The smallest absolute Gasteiger partial charge is 0.0546 e. The van der Waals surface area contributed by atoms with Crippen LogP contribution in [0.3, 0.4) is 0 Å². The number of hydrogen-bond donors (Lipinski definition) is 1. The predicted molar refractivity (Wildman–Crippen MR) is 76.6 cm³/mol. The third-order valence-corrected chi connectivity index (χ3v) is 4.19. The zero-order valence-corrected chi connectivity index (χ0v) is 11.4. The van der Waals surface area contributed by atoms with Crippen LogP contribution in [0.5, 0.6) is 0 Å². The van der Waals surface area contributed by atoms with E-state index in [0.717, 1.165) is 25.2 Å². The molecule has 1 saturated carbocycles. The van der Waals surface area contributed by atoms with Gasteiger partial charge in [-0.15, -0.1) is 0 Å². The van der Waals surface area contributed by atoms with Crippen molar-refractivity contribution in [3.8, 4) is 0 Å². The summed E-state index contributed by atoms with van der Waals surface area (Å²) >= 11 is 0. The molecule has 0 aliphatic heterocycles. The van der Waals surface area contributed by atoms with Crippen LogP contribution in [0.1, 0.15) is 56.9 Å². The number of rotatable bonds is 5. The summed E-state index contributed by atoms with van der Waals surface area (Å²) < 4.78 is 0. The van der Waals surface area contributed by atoms with E-state index < -0.39 is 0 Å². The lowest BCUT2D eigenvalue weighted by Gasteiger charge is -2.18. The van der Waals surface area contributed by atoms with Gasteiger partial charge < -0.3 is 5.11 Å². The van der Waals surface area contributed by atoms with E-state index in [1.807, 2.05) is 6.07 Å². The highest BCUT2D eigenvalue weighted by Crippen LogP contribution is 2.27. The first kappa shape index (κ1) is 13.6. The lowest BCUT2D eigenvalue weighted by atomic mass is 9.91. The Balaban J connectivity index is 1.69. The number of hydrogen-bond acceptors (Lipinski definition) is 1. The highest BCUT2D eigenvalue weighted by molar-refractivity contribution is 5.14. The van der Waals surface area contributed by atoms with Gasteiger partial charge in [-0.05, 0) is 30.7 Å². The minimum Gasteiger partial charge on any atom is -0.393 e. The molecule has 1 aromatic rings. The van der Waals surface area contributed by atoms with Crippen molar-refractivity contribution in [3.05, 3.63) is 35.9 Å². The van der Waals surface area contributed by atoms with E-state index in [0.29, 0.717) is 0 Å². The summed E-state index contributed by atoms with van der Waals surface area (Å²) in [5.41, 5.74) is 1.34. The van der Waals surface area contributed by atoms with E-state index in [-0.39, 0.29) is 6.10 Å². The zero-order chi connectivity index (χ0) is 12.6. The fourth-order valence-corrected chi connectivity index (χ4v) is 3.08. The molecule has 2 rings (SSSR count). The van der Waals surface area contributed by atoms with Gasteiger partial charge in [-0.25, -0.2) is 0 Å². The van der Waals surface area contributed by atoms with Crippen LogP contribution < -0.4 is 0 Å². The average Bonchev–Trinajstić information content (AvgIpc) is 2.66. The van der Waals surface area contributed by atoms with Crippen molar-refractivity contribution in [2.75, 3.05) is 0 Å². The molecule has 1 fully saturated rings. The van der Waals surface area contributed by atoms with Gasteiger partial charge in [-0.1, -0.05) is 68.9 Å². The Morgan fingerprint density at radius 3 is 2.33 bits per heavy atom. The Labute approximate surface area is 111 Å². The second-order valence-electron chi connectivity index (χ2n) is 5.77. The van der Waals surface area contributed by atoms with E-state index in [1.165, 1.54) is 44.1 Å². The molecule has 0 saturated heterocycles. The fourth-order valence-electron chi connectivity index (χ4n) is 3.08. The maximum absolute atomic E-state index is 10.2. The summed E-state index contributed by atoms with van der Waals surface area (Å²) in [4.78, 5) is 0. The molecule has 1 aromatic carbocycles. The fraction of sp³-hybridized carbons (Fsp3) is 0.647. The molecule has 1 nitrogen and oxygen atoms in total. The molecule has 18 heavy (non-hydrogen) atoms. The highest BCUT2D eigenvalue weighted by atomic mass is 16.3. The van der Waals surface area contributed by atoms with Crippen molar-refractivity contribution in [3.63, 3.8) is 0 Å². The summed E-state index contributed by atoms with van der Waals surface area (Å²) in [6, 6.07) is 10.5. The van der Waals surface area contributed by atoms with E-state index in [4.69, 9.17) is 0 Å². The molecular formula is C17H26O. The SMILES string of the molecule is OC(CCc1ccccc1)CC1CCCCCC1. The van der Waals surface area contributed by atoms with E-state index >= 15 is 0 Å². The van der Waals surface area contributed by atoms with Crippen LogP contribution in [-0.2, 0) is 6.42 Å². The summed E-state index contributed by atoms with van der Waals surface area (Å²) in [5.74, 6) is 0.776. The van der Waals surface area contributed by atoms with Crippen LogP contribution in [0.25, 0.3) is 0 Å². The van der Waals surface area contributed by atoms with E-state index in [2.05, 4.69) is 24.3 Å². The molecule has 1 heteroatoms. The first-order chi connectivity index (χ1) is 8.84. The predicted octanol–water partition coefficient (Wildman–Crippen LogP) is 4.34. The van der Waals surface area contributed by atoms with Gasteiger partial charge in [-0.3, -0.25) is 0 Å². The summed E-state index contributed by atoms with van der Waals surface area (Å²) in [5, 5.41) is 10.2. The highest BCUT2D eigenvalue weighted by Gasteiger charge is 2.16. The van der Waals surface area contributed by atoms with Gasteiger partial charge in [-0.2, -0.15) is 0 Å². The number of aliphatic hydroxyl groups is 1. The summed E-state index contributed by atoms with van der Waals surface area (Å²) in [6.07, 6.45) is 11.1. The Hall–Kier alpha value is -0.820. The Morgan fingerprint density at radius 1 is 1.00 bits per heavy atom. The van der Waals surface area contributed by atoms with Crippen molar-refractivity contribution in [2.24, 2.45) is 5.92 Å². The number of aliphatic hydroxyl groups excluding tert-OH is 1. The average molecular weight is 246 g/mol. The van der Waals surface area contributed by atoms with Gasteiger partial charge in [0.2, 0.25) is 0 Å². The van der Waals surface area contributed by atoms with Gasteiger partial charge in [0.25, 0.3) is 0 Å². The van der Waals surface area contributed by atoms with Crippen molar-refractivity contribution in [2.45, 2.75) is 63.9 Å². The molecule has 1 N–H and O–H groups in total. The summed E-state index contributed by atoms with van der Waals surface area (Å²) in [7, 11) is 0. The zero-order valence-electron chi connectivity index (χ0n) is 11.4. The monoisotopic (exact) mass is 246 g/mol. The van der Waals surface area contributed by atoms with Gasteiger partial charge >= 0.3 is 0 Å². The van der Waals surface area contributed by atoms with Crippen LogP contribution in [-0.4, -0.2) is 11.2 Å². The Morgan fingerprint density at radius 2 is 1.67 bits per heavy atom. The van der Waals surface area contributed by atoms with Crippen molar-refractivity contribution in [1.29, 1.82) is 0 Å². The Kier molecular flexibility index (Phi) is 5.73. The van der Waals surface area contributed by atoms with Crippen molar-refractivity contribution >= 4 is 0 Å². The van der Waals surface area contributed by atoms with Gasteiger partial charge in [0.05, 0.1) is 6.10 Å². The second-order valence-corrected chi connectivity index (χ2v) is 5.77. The normalized spacial score (nSPS) is 19.4. The first-order valence-electron chi connectivity index (χ1n) is 7.56. The molecule has 0 amide bonds. The lowest BCUT2D eigenvalue weighted by Crippen LogP contribution is -2.14. The molecule has 100 valence electrons. The third-order valence-electron chi connectivity index (χ3n) is 4.19. The number of aryl methyl sites for hydroxylation is 1. The van der Waals surface area contributed by atoms with E-state index in [9.17, 15) is 5.11 Å². The van der Waals surface area contributed by atoms with Crippen molar-refractivity contribution < 1.29 is 5.11 Å². The third kappa shape index (κ3) is 4.81.